The minimum atomic E-state index is -3.85. The molecule has 2 rings (SSSR count). The second-order valence-electron chi connectivity index (χ2n) is 5.59. The van der Waals surface area contributed by atoms with Crippen molar-refractivity contribution in [3.63, 3.8) is 0 Å². The van der Waals surface area contributed by atoms with Gasteiger partial charge in [-0.05, 0) is 31.9 Å². The Balaban J connectivity index is 1.71. The van der Waals surface area contributed by atoms with Crippen molar-refractivity contribution in [2.75, 3.05) is 13.2 Å². The molecule has 0 spiro atoms. The molecule has 1 fully saturated rings. The van der Waals surface area contributed by atoms with E-state index in [1.165, 1.54) is 12.1 Å². The molecule has 0 aliphatic heterocycles. The molecule has 1 saturated carbocycles. The number of hydrogen-bond acceptors (Lipinski definition) is 6. The maximum absolute atomic E-state index is 12.0. The molecule has 0 aromatic heterocycles. The molecule has 0 heterocycles. The molecule has 25 heavy (non-hydrogen) atoms. The average Bonchev–Trinajstić information content (AvgIpc) is 3.35. The number of imide groups is 1. The fraction of sp³-hybridized carbons (Fsp3) is 0.400. The molecule has 1 aliphatic rings. The predicted molar refractivity (Wildman–Crippen MR) is 87.0 cm³/mol. The molecule has 0 radical (unpaired) electrons. The lowest BCUT2D eigenvalue weighted by Gasteiger charge is -2.08. The van der Waals surface area contributed by atoms with Crippen LogP contribution in [0.15, 0.2) is 29.2 Å². The van der Waals surface area contributed by atoms with Crippen LogP contribution < -0.4 is 15.4 Å². The Kier molecular flexibility index (Phi) is 6.10. The summed E-state index contributed by atoms with van der Waals surface area (Å²) in [5.74, 6) is -1.73. The summed E-state index contributed by atoms with van der Waals surface area (Å²) < 4.78 is 30.7. The van der Waals surface area contributed by atoms with E-state index in [1.807, 2.05) is 12.2 Å². The number of ether oxygens (including phenoxy) is 1. The Hall–Kier alpha value is -2.46. The lowest BCUT2D eigenvalue weighted by molar-refractivity contribution is -0.147. The molecule has 0 unspecified atom stereocenters. The third kappa shape index (κ3) is 6.51. The fourth-order valence-electron chi connectivity index (χ4n) is 1.76. The fourth-order valence-corrected chi connectivity index (χ4v) is 2.73. The quantitative estimate of drug-likeness (QED) is 0.571. The molecular weight excluding hydrogens is 350 g/mol. The van der Waals surface area contributed by atoms with Gasteiger partial charge < -0.3 is 10.1 Å². The van der Waals surface area contributed by atoms with Crippen LogP contribution in [-0.2, 0) is 24.3 Å². The molecular formula is C15H19N3O6S. The molecule has 10 heteroatoms. The summed E-state index contributed by atoms with van der Waals surface area (Å²) in [6, 6.07) is 5.52. The molecule has 136 valence electrons. The summed E-state index contributed by atoms with van der Waals surface area (Å²) >= 11 is 0. The van der Waals surface area contributed by atoms with E-state index in [4.69, 9.17) is 0 Å². The number of benzene rings is 1. The number of hydrogen-bond donors (Lipinski definition) is 3. The third-order valence-electron chi connectivity index (χ3n) is 3.27. The number of carbonyl (C=O) groups excluding carboxylic acids is 3. The second-order valence-corrected chi connectivity index (χ2v) is 7.36. The van der Waals surface area contributed by atoms with E-state index in [1.54, 1.807) is 12.1 Å². The molecule has 0 saturated heterocycles. The van der Waals surface area contributed by atoms with Crippen molar-refractivity contribution in [3.8, 4) is 0 Å². The zero-order valence-corrected chi connectivity index (χ0v) is 14.4. The SMILES string of the molecule is Cc1ccc(S(=O)(=O)NCC(=O)OCC(=O)NC(=O)NC2CC2)cc1. The Labute approximate surface area is 145 Å². The first-order chi connectivity index (χ1) is 11.8. The van der Waals surface area contributed by atoms with Gasteiger partial charge in [0, 0.05) is 6.04 Å². The Morgan fingerprint density at radius 2 is 1.80 bits per heavy atom. The normalized spacial score (nSPS) is 13.8. The number of amides is 3. The van der Waals surface area contributed by atoms with Gasteiger partial charge >= 0.3 is 12.0 Å². The Morgan fingerprint density at radius 3 is 2.40 bits per heavy atom. The molecule has 9 nitrogen and oxygen atoms in total. The number of aryl methyl sites for hydroxylation is 1. The second kappa shape index (κ2) is 8.08. The molecule has 0 atom stereocenters. The first-order valence-corrected chi connectivity index (χ1v) is 9.07. The van der Waals surface area contributed by atoms with Crippen LogP contribution in [0.5, 0.6) is 0 Å². The zero-order chi connectivity index (χ0) is 18.4. The highest BCUT2D eigenvalue weighted by Gasteiger charge is 2.24. The minimum Gasteiger partial charge on any atom is -0.455 e. The van der Waals surface area contributed by atoms with E-state index in [0.29, 0.717) is 0 Å². The van der Waals surface area contributed by atoms with Crippen molar-refractivity contribution in [2.24, 2.45) is 0 Å². The van der Waals surface area contributed by atoms with Gasteiger partial charge in [-0.25, -0.2) is 13.2 Å². The minimum absolute atomic E-state index is 0.0143. The largest absolute Gasteiger partial charge is 0.455 e. The number of carbonyl (C=O) groups is 3. The van der Waals surface area contributed by atoms with Crippen LogP contribution >= 0.6 is 0 Å². The third-order valence-corrected chi connectivity index (χ3v) is 4.68. The lowest BCUT2D eigenvalue weighted by Crippen LogP contribution is -2.42. The van der Waals surface area contributed by atoms with Gasteiger partial charge in [-0.2, -0.15) is 4.72 Å². The number of rotatable bonds is 7. The van der Waals surface area contributed by atoms with E-state index >= 15 is 0 Å². The standard InChI is InChI=1S/C15H19N3O6S/c1-10-2-6-12(7-3-10)25(22,23)16-8-14(20)24-9-13(19)18-15(21)17-11-4-5-11/h2-3,6-7,11,16H,4-5,8-9H2,1H3,(H2,17,18,19,21). The van der Waals surface area contributed by atoms with Crippen molar-refractivity contribution in [1.29, 1.82) is 0 Å². The zero-order valence-electron chi connectivity index (χ0n) is 13.6. The van der Waals surface area contributed by atoms with E-state index in [9.17, 15) is 22.8 Å². The van der Waals surface area contributed by atoms with Gasteiger partial charge in [0.1, 0.15) is 6.54 Å². The number of esters is 1. The molecule has 1 aromatic carbocycles. The maximum atomic E-state index is 12.0. The van der Waals surface area contributed by atoms with Crippen LogP contribution in [0.1, 0.15) is 18.4 Å². The van der Waals surface area contributed by atoms with Crippen molar-refractivity contribution >= 4 is 27.9 Å². The van der Waals surface area contributed by atoms with Gasteiger partial charge in [-0.1, -0.05) is 17.7 Å². The molecule has 3 N–H and O–H groups in total. The highest BCUT2D eigenvalue weighted by atomic mass is 32.2. The van der Waals surface area contributed by atoms with Crippen LogP contribution in [0, 0.1) is 6.92 Å². The van der Waals surface area contributed by atoms with Crippen LogP contribution in [0.4, 0.5) is 4.79 Å². The van der Waals surface area contributed by atoms with E-state index in [0.717, 1.165) is 18.4 Å². The Morgan fingerprint density at radius 1 is 1.16 bits per heavy atom. The van der Waals surface area contributed by atoms with Gasteiger partial charge in [0.05, 0.1) is 4.90 Å². The number of urea groups is 1. The summed E-state index contributed by atoms with van der Waals surface area (Å²) in [5, 5.41) is 4.54. The monoisotopic (exact) mass is 369 g/mol. The molecule has 1 aromatic rings. The predicted octanol–water partition coefficient (Wildman–Crippen LogP) is -0.195. The highest BCUT2D eigenvalue weighted by Crippen LogP contribution is 2.18. The van der Waals surface area contributed by atoms with Gasteiger partial charge in [-0.3, -0.25) is 14.9 Å². The molecule has 0 bridgehead atoms. The Bertz CT molecular complexity index is 756. The van der Waals surface area contributed by atoms with E-state index in [-0.39, 0.29) is 10.9 Å². The van der Waals surface area contributed by atoms with Gasteiger partial charge in [0.15, 0.2) is 6.61 Å². The smallest absolute Gasteiger partial charge is 0.321 e. The summed E-state index contributed by atoms with van der Waals surface area (Å²) in [7, 11) is -3.85. The van der Waals surface area contributed by atoms with Crippen molar-refractivity contribution in [3.05, 3.63) is 29.8 Å². The lowest BCUT2D eigenvalue weighted by atomic mass is 10.2. The highest BCUT2D eigenvalue weighted by molar-refractivity contribution is 7.89. The van der Waals surface area contributed by atoms with E-state index in [2.05, 4.69) is 14.8 Å². The van der Waals surface area contributed by atoms with Gasteiger partial charge in [0.25, 0.3) is 5.91 Å². The first kappa shape index (κ1) is 18.9. The summed E-state index contributed by atoms with van der Waals surface area (Å²) in [5.41, 5.74) is 0.898. The first-order valence-electron chi connectivity index (χ1n) is 7.58. The molecule has 1 aliphatic carbocycles. The van der Waals surface area contributed by atoms with Crippen LogP contribution in [0.25, 0.3) is 0 Å². The average molecular weight is 369 g/mol. The van der Waals surface area contributed by atoms with Crippen molar-refractivity contribution in [1.82, 2.24) is 15.4 Å². The van der Waals surface area contributed by atoms with Crippen molar-refractivity contribution in [2.45, 2.75) is 30.7 Å². The summed E-state index contributed by atoms with van der Waals surface area (Å²) in [6.07, 6.45) is 1.75. The van der Waals surface area contributed by atoms with Crippen LogP contribution in [0.2, 0.25) is 0 Å². The topological polar surface area (TPSA) is 131 Å². The maximum Gasteiger partial charge on any atom is 0.321 e. The van der Waals surface area contributed by atoms with E-state index < -0.39 is 41.1 Å². The van der Waals surface area contributed by atoms with Gasteiger partial charge in [-0.15, -0.1) is 0 Å². The molecule has 3 amide bonds. The number of sulfonamides is 1. The van der Waals surface area contributed by atoms with Crippen LogP contribution in [-0.4, -0.2) is 45.5 Å². The number of nitrogens with one attached hydrogen (secondary N) is 3. The summed E-state index contributed by atoms with van der Waals surface area (Å²) in [4.78, 5) is 34.3. The van der Waals surface area contributed by atoms with Crippen LogP contribution in [0.3, 0.4) is 0 Å². The summed E-state index contributed by atoms with van der Waals surface area (Å²) in [6.45, 7) is 0.512. The van der Waals surface area contributed by atoms with Gasteiger partial charge in [0.2, 0.25) is 10.0 Å². The van der Waals surface area contributed by atoms with Crippen molar-refractivity contribution < 1.29 is 27.5 Å².